The number of carbonyl (C=O) groups is 1. The minimum atomic E-state index is -0.206. The first-order valence-corrected chi connectivity index (χ1v) is 13.0. The number of hydrogen-bond donors (Lipinski definition) is 1. The molecule has 1 fully saturated rings. The number of anilines is 1. The second-order valence-corrected chi connectivity index (χ2v) is 9.56. The van der Waals surface area contributed by atoms with Gasteiger partial charge in [-0.2, -0.15) is 0 Å². The summed E-state index contributed by atoms with van der Waals surface area (Å²) in [4.78, 5) is 29.4. The second kappa shape index (κ2) is 10.9. The van der Waals surface area contributed by atoms with Gasteiger partial charge in [-0.1, -0.05) is 24.3 Å². The van der Waals surface area contributed by atoms with Crippen molar-refractivity contribution >= 4 is 22.8 Å². The molecule has 0 radical (unpaired) electrons. The molecule has 0 unspecified atom stereocenters. The SMILES string of the molecule is CCOc1ccc2nc(N3CCC(C(=O)N[C@H](c4ccncc4)c4ccccc4C)CC3)nc(C)c2c1. The highest BCUT2D eigenvalue weighted by molar-refractivity contribution is 5.83. The molecule has 2 aromatic carbocycles. The van der Waals surface area contributed by atoms with E-state index in [-0.39, 0.29) is 17.9 Å². The van der Waals surface area contributed by atoms with Crippen LogP contribution in [0, 0.1) is 19.8 Å². The number of aromatic nitrogens is 3. The number of rotatable bonds is 7. The lowest BCUT2D eigenvalue weighted by Gasteiger charge is -2.32. The van der Waals surface area contributed by atoms with E-state index in [9.17, 15) is 4.79 Å². The molecule has 1 saturated heterocycles. The topological polar surface area (TPSA) is 80.2 Å². The number of ether oxygens (including phenoxy) is 1. The lowest BCUT2D eigenvalue weighted by Crippen LogP contribution is -2.42. The van der Waals surface area contributed by atoms with Crippen molar-refractivity contribution in [3.63, 3.8) is 0 Å². The van der Waals surface area contributed by atoms with Gasteiger partial charge in [-0.15, -0.1) is 0 Å². The van der Waals surface area contributed by atoms with Crippen molar-refractivity contribution in [3.05, 3.63) is 89.4 Å². The lowest BCUT2D eigenvalue weighted by atomic mass is 9.92. The Morgan fingerprint density at radius 2 is 1.81 bits per heavy atom. The van der Waals surface area contributed by atoms with Gasteiger partial charge < -0.3 is 15.0 Å². The number of nitrogens with one attached hydrogen (secondary N) is 1. The highest BCUT2D eigenvalue weighted by Gasteiger charge is 2.29. The number of pyridine rings is 1. The Morgan fingerprint density at radius 3 is 2.54 bits per heavy atom. The molecule has 190 valence electrons. The van der Waals surface area contributed by atoms with Crippen molar-refractivity contribution in [3.8, 4) is 5.75 Å². The molecule has 1 aliphatic rings. The molecule has 0 bridgehead atoms. The fourth-order valence-corrected chi connectivity index (χ4v) is 5.05. The molecule has 5 rings (SSSR count). The number of nitrogens with zero attached hydrogens (tertiary/aromatic N) is 4. The molecule has 7 nitrogen and oxygen atoms in total. The summed E-state index contributed by atoms with van der Waals surface area (Å²) in [6.07, 6.45) is 5.06. The first-order valence-electron chi connectivity index (χ1n) is 13.0. The van der Waals surface area contributed by atoms with Crippen molar-refractivity contribution in [2.75, 3.05) is 24.6 Å². The average Bonchev–Trinajstić information content (AvgIpc) is 2.93. The van der Waals surface area contributed by atoms with Crippen LogP contribution in [0.15, 0.2) is 67.0 Å². The third kappa shape index (κ3) is 5.40. The van der Waals surface area contributed by atoms with Crippen molar-refractivity contribution < 1.29 is 9.53 Å². The predicted molar refractivity (Wildman–Crippen MR) is 146 cm³/mol. The Morgan fingerprint density at radius 1 is 1.05 bits per heavy atom. The normalized spacial score (nSPS) is 14.9. The first kappa shape index (κ1) is 24.7. The van der Waals surface area contributed by atoms with Crippen molar-refractivity contribution in [1.82, 2.24) is 20.3 Å². The molecular formula is C30H33N5O2. The Labute approximate surface area is 217 Å². The number of amides is 1. The molecule has 1 aliphatic heterocycles. The highest BCUT2D eigenvalue weighted by Crippen LogP contribution is 2.29. The Hall–Kier alpha value is -4.00. The maximum atomic E-state index is 13.4. The van der Waals surface area contributed by atoms with Gasteiger partial charge in [-0.25, -0.2) is 9.97 Å². The van der Waals surface area contributed by atoms with Crippen LogP contribution in [0.5, 0.6) is 5.75 Å². The zero-order valence-electron chi connectivity index (χ0n) is 21.6. The molecule has 3 heterocycles. The van der Waals surface area contributed by atoms with Crippen LogP contribution in [-0.2, 0) is 4.79 Å². The molecular weight excluding hydrogens is 462 g/mol. The molecule has 1 N–H and O–H groups in total. The maximum Gasteiger partial charge on any atom is 0.226 e. The van der Waals surface area contributed by atoms with Crippen LogP contribution in [-0.4, -0.2) is 40.6 Å². The summed E-state index contributed by atoms with van der Waals surface area (Å²) in [6, 6.07) is 17.9. The van der Waals surface area contributed by atoms with E-state index < -0.39 is 0 Å². The molecule has 0 aliphatic carbocycles. The van der Waals surface area contributed by atoms with E-state index in [0.717, 1.165) is 70.9 Å². The van der Waals surface area contributed by atoms with Gasteiger partial charge in [0.2, 0.25) is 11.9 Å². The summed E-state index contributed by atoms with van der Waals surface area (Å²) in [5, 5.41) is 4.34. The van der Waals surface area contributed by atoms with Crippen molar-refractivity contribution in [1.29, 1.82) is 0 Å². The fourth-order valence-electron chi connectivity index (χ4n) is 5.05. The molecule has 2 aromatic heterocycles. The van der Waals surface area contributed by atoms with E-state index in [4.69, 9.17) is 14.7 Å². The Kier molecular flexibility index (Phi) is 7.30. The maximum absolute atomic E-state index is 13.4. The summed E-state index contributed by atoms with van der Waals surface area (Å²) in [6.45, 7) is 8.17. The van der Waals surface area contributed by atoms with Crippen LogP contribution < -0.4 is 15.0 Å². The average molecular weight is 496 g/mol. The number of aryl methyl sites for hydroxylation is 2. The second-order valence-electron chi connectivity index (χ2n) is 9.56. The summed E-state index contributed by atoms with van der Waals surface area (Å²) in [7, 11) is 0. The van der Waals surface area contributed by atoms with E-state index >= 15 is 0 Å². The van der Waals surface area contributed by atoms with Crippen LogP contribution in [0.4, 0.5) is 5.95 Å². The van der Waals surface area contributed by atoms with Gasteiger partial charge in [0.25, 0.3) is 0 Å². The van der Waals surface area contributed by atoms with E-state index in [1.807, 2.05) is 56.3 Å². The van der Waals surface area contributed by atoms with Crippen LogP contribution in [0.25, 0.3) is 10.9 Å². The Bertz CT molecular complexity index is 1380. The predicted octanol–water partition coefficient (Wildman–Crippen LogP) is 5.16. The third-order valence-corrected chi connectivity index (χ3v) is 7.13. The highest BCUT2D eigenvalue weighted by atomic mass is 16.5. The molecule has 7 heteroatoms. The quantitative estimate of drug-likeness (QED) is 0.381. The van der Waals surface area contributed by atoms with E-state index in [1.54, 1.807) is 12.4 Å². The van der Waals surface area contributed by atoms with Gasteiger partial charge in [0.05, 0.1) is 23.9 Å². The molecule has 1 atom stereocenters. The summed E-state index contributed by atoms with van der Waals surface area (Å²) < 4.78 is 5.63. The largest absolute Gasteiger partial charge is 0.494 e. The third-order valence-electron chi connectivity index (χ3n) is 7.13. The zero-order chi connectivity index (χ0) is 25.8. The summed E-state index contributed by atoms with van der Waals surface area (Å²) >= 11 is 0. The number of piperidine rings is 1. The van der Waals surface area contributed by atoms with Gasteiger partial charge >= 0.3 is 0 Å². The van der Waals surface area contributed by atoms with Crippen LogP contribution in [0.3, 0.4) is 0 Å². The molecule has 0 spiro atoms. The number of benzene rings is 2. The van der Waals surface area contributed by atoms with Crippen molar-refractivity contribution in [2.45, 2.75) is 39.7 Å². The number of carbonyl (C=O) groups excluding carboxylic acids is 1. The smallest absolute Gasteiger partial charge is 0.226 e. The van der Waals surface area contributed by atoms with Crippen molar-refractivity contribution in [2.24, 2.45) is 5.92 Å². The standard InChI is InChI=1S/C30H33N5O2/c1-4-37-24-9-10-27-26(19-24)21(3)32-30(33-27)35-17-13-23(14-18-35)29(36)34-28(22-11-15-31-16-12-22)25-8-6-5-7-20(25)2/h5-12,15-16,19,23,28H,4,13-14,17-18H2,1-3H3,(H,34,36)/t28-/m1/s1. The summed E-state index contributed by atoms with van der Waals surface area (Å²) in [5.74, 6) is 1.59. The molecule has 37 heavy (non-hydrogen) atoms. The van der Waals surface area contributed by atoms with Crippen LogP contribution >= 0.6 is 0 Å². The minimum absolute atomic E-state index is 0.0556. The van der Waals surface area contributed by atoms with E-state index in [2.05, 4.69) is 34.3 Å². The number of fused-ring (bicyclic) bond motifs is 1. The summed E-state index contributed by atoms with van der Waals surface area (Å²) in [5.41, 5.74) is 5.12. The van der Waals surface area contributed by atoms with Gasteiger partial charge in [0.15, 0.2) is 0 Å². The number of hydrogen-bond acceptors (Lipinski definition) is 6. The first-order chi connectivity index (χ1) is 18.0. The lowest BCUT2D eigenvalue weighted by molar-refractivity contribution is -0.126. The van der Waals surface area contributed by atoms with Gasteiger partial charge in [-0.3, -0.25) is 9.78 Å². The molecule has 0 saturated carbocycles. The van der Waals surface area contributed by atoms with E-state index in [1.165, 1.54) is 0 Å². The van der Waals surface area contributed by atoms with Gasteiger partial charge in [0.1, 0.15) is 5.75 Å². The van der Waals surface area contributed by atoms with Crippen LogP contribution in [0.1, 0.15) is 48.2 Å². The monoisotopic (exact) mass is 495 g/mol. The fraction of sp³-hybridized carbons (Fsp3) is 0.333. The van der Waals surface area contributed by atoms with Crippen LogP contribution in [0.2, 0.25) is 0 Å². The van der Waals surface area contributed by atoms with Gasteiger partial charge in [-0.05, 0) is 80.6 Å². The zero-order valence-corrected chi connectivity index (χ0v) is 21.6. The van der Waals surface area contributed by atoms with Gasteiger partial charge in [0, 0.05) is 36.8 Å². The minimum Gasteiger partial charge on any atom is -0.494 e. The Balaban J connectivity index is 1.28. The molecule has 4 aromatic rings. The molecule has 1 amide bonds. The van der Waals surface area contributed by atoms with E-state index in [0.29, 0.717) is 6.61 Å².